The van der Waals surface area contributed by atoms with E-state index in [1.54, 1.807) is 4.31 Å². The van der Waals surface area contributed by atoms with Crippen molar-refractivity contribution in [1.29, 1.82) is 0 Å². The van der Waals surface area contributed by atoms with Crippen LogP contribution in [-0.2, 0) is 14.4 Å². The molecule has 1 rings (SSSR count). The van der Waals surface area contributed by atoms with Gasteiger partial charge in [-0.3, -0.25) is 0 Å². The molecule has 1 saturated heterocycles. The second-order valence-corrected chi connectivity index (χ2v) is 13.5. The smallest absolute Gasteiger partial charge is 0.211 e. The lowest BCUT2D eigenvalue weighted by atomic mass is 10.1. The predicted octanol–water partition coefficient (Wildman–Crippen LogP) is 2.43. The number of piperidine rings is 1. The molecule has 0 atom stereocenters. The summed E-state index contributed by atoms with van der Waals surface area (Å²) in [6.45, 7) is 12.4. The first kappa shape index (κ1) is 16.1. The van der Waals surface area contributed by atoms with Gasteiger partial charge >= 0.3 is 0 Å². The summed E-state index contributed by atoms with van der Waals surface area (Å²) < 4.78 is 30.7. The summed E-state index contributed by atoms with van der Waals surface area (Å²) in [5, 5.41) is 0.209. The summed E-state index contributed by atoms with van der Waals surface area (Å²) in [6.07, 6.45) is 3.14. The second-order valence-electron chi connectivity index (χ2n) is 6.74. The minimum atomic E-state index is -3.03. The third-order valence-electron chi connectivity index (χ3n) is 4.14. The van der Waals surface area contributed by atoms with E-state index in [0.29, 0.717) is 13.1 Å². The largest absolute Gasteiger partial charge is 0.414 e. The highest BCUT2D eigenvalue weighted by atomic mass is 32.2. The fourth-order valence-corrected chi connectivity index (χ4v) is 4.17. The molecule has 1 aliphatic rings. The average molecular weight is 294 g/mol. The Kier molecular flexibility index (Phi) is 4.69. The van der Waals surface area contributed by atoms with Crippen molar-refractivity contribution in [2.45, 2.75) is 57.8 Å². The Bertz CT molecular complexity index is 379. The first-order valence-corrected chi connectivity index (χ1v) is 11.3. The number of hydrogen-bond donors (Lipinski definition) is 0. The summed E-state index contributed by atoms with van der Waals surface area (Å²) in [6, 6.07) is 0. The Labute approximate surface area is 113 Å². The van der Waals surface area contributed by atoms with Crippen molar-refractivity contribution < 1.29 is 12.8 Å². The molecule has 1 aliphatic heterocycles. The van der Waals surface area contributed by atoms with Crippen molar-refractivity contribution in [3.8, 4) is 0 Å². The highest BCUT2D eigenvalue weighted by Crippen LogP contribution is 2.38. The van der Waals surface area contributed by atoms with Crippen molar-refractivity contribution in [3.05, 3.63) is 0 Å². The highest BCUT2D eigenvalue weighted by Gasteiger charge is 2.40. The molecule has 0 amide bonds. The van der Waals surface area contributed by atoms with Gasteiger partial charge in [-0.25, -0.2) is 12.7 Å². The molecule has 0 bridgehead atoms. The molecule has 0 N–H and O–H groups in total. The van der Waals surface area contributed by atoms with Crippen molar-refractivity contribution in [2.24, 2.45) is 0 Å². The summed E-state index contributed by atoms with van der Waals surface area (Å²) in [5.41, 5.74) is 0. The summed E-state index contributed by atoms with van der Waals surface area (Å²) in [7, 11) is -4.76. The van der Waals surface area contributed by atoms with Crippen LogP contribution in [0.15, 0.2) is 0 Å². The molecule has 1 heterocycles. The van der Waals surface area contributed by atoms with Gasteiger partial charge < -0.3 is 4.43 Å². The molecule has 4 nitrogen and oxygen atoms in total. The van der Waals surface area contributed by atoms with Crippen molar-refractivity contribution >= 4 is 18.3 Å². The van der Waals surface area contributed by atoms with Crippen LogP contribution in [-0.4, -0.2) is 46.5 Å². The van der Waals surface area contributed by atoms with E-state index in [9.17, 15) is 8.42 Å². The third-order valence-corrected chi connectivity index (χ3v) is 9.98. The van der Waals surface area contributed by atoms with Gasteiger partial charge in [0.05, 0.1) is 6.26 Å². The molecule has 108 valence electrons. The fraction of sp³-hybridized carbons (Fsp3) is 1.00. The van der Waals surface area contributed by atoms with Gasteiger partial charge in [-0.15, -0.1) is 0 Å². The van der Waals surface area contributed by atoms with E-state index < -0.39 is 18.3 Å². The summed E-state index contributed by atoms with van der Waals surface area (Å²) in [5.74, 6) is 0. The molecule has 18 heavy (non-hydrogen) atoms. The molecular weight excluding hydrogens is 266 g/mol. The van der Waals surface area contributed by atoms with Crippen LogP contribution < -0.4 is 0 Å². The van der Waals surface area contributed by atoms with Crippen molar-refractivity contribution in [3.63, 3.8) is 0 Å². The van der Waals surface area contributed by atoms with Crippen LogP contribution >= 0.6 is 0 Å². The zero-order chi connectivity index (χ0) is 14.2. The van der Waals surface area contributed by atoms with Crippen LogP contribution in [0.25, 0.3) is 0 Å². The van der Waals surface area contributed by atoms with Gasteiger partial charge in [0.1, 0.15) is 0 Å². The molecule has 0 aliphatic carbocycles. The molecule has 6 heteroatoms. The van der Waals surface area contributed by atoms with Gasteiger partial charge in [-0.2, -0.15) is 0 Å². The van der Waals surface area contributed by atoms with E-state index >= 15 is 0 Å². The first-order chi connectivity index (χ1) is 7.93. The Morgan fingerprint density at radius 3 is 1.94 bits per heavy atom. The zero-order valence-corrected chi connectivity index (χ0v) is 14.3. The molecule has 1 fully saturated rings. The molecule has 0 spiro atoms. The Balaban J connectivity index is 2.55. The minimum absolute atomic E-state index is 0.209. The highest BCUT2D eigenvalue weighted by molar-refractivity contribution is 7.88. The maximum absolute atomic E-state index is 11.4. The average Bonchev–Trinajstić information content (AvgIpc) is 2.14. The van der Waals surface area contributed by atoms with E-state index in [-0.39, 0.29) is 11.1 Å². The lowest BCUT2D eigenvalue weighted by molar-refractivity contribution is 0.121. The topological polar surface area (TPSA) is 46.6 Å². The van der Waals surface area contributed by atoms with E-state index in [4.69, 9.17) is 4.43 Å². The number of nitrogens with zero attached hydrogens (tertiary/aromatic N) is 1. The van der Waals surface area contributed by atoms with E-state index in [0.717, 1.165) is 12.8 Å². The van der Waals surface area contributed by atoms with Gasteiger partial charge in [0.15, 0.2) is 8.32 Å². The standard InChI is InChI=1S/C12H27NO3SSi/c1-12(2,3)18(5,6)16-11-7-9-13(10-8-11)17(4,14)15/h11H,7-10H2,1-6H3. The molecule has 0 unspecified atom stereocenters. The predicted molar refractivity (Wildman–Crippen MR) is 77.7 cm³/mol. The summed E-state index contributed by atoms with van der Waals surface area (Å²) in [4.78, 5) is 0. The number of hydrogen-bond acceptors (Lipinski definition) is 3. The Morgan fingerprint density at radius 1 is 1.17 bits per heavy atom. The maximum Gasteiger partial charge on any atom is 0.211 e. The summed E-state index contributed by atoms with van der Waals surface area (Å²) >= 11 is 0. The van der Waals surface area contributed by atoms with E-state index in [1.807, 2.05) is 0 Å². The third kappa shape index (κ3) is 4.04. The SMILES string of the molecule is CC(C)(C)[Si](C)(C)OC1CCN(S(C)(=O)=O)CC1. The maximum atomic E-state index is 11.4. The Hall–Kier alpha value is 0.0869. The van der Waals surface area contributed by atoms with Crippen LogP contribution in [0.1, 0.15) is 33.6 Å². The fourth-order valence-electron chi connectivity index (χ4n) is 1.88. The zero-order valence-electron chi connectivity index (χ0n) is 12.5. The van der Waals surface area contributed by atoms with Crippen LogP contribution in [0, 0.1) is 0 Å². The van der Waals surface area contributed by atoms with Gasteiger partial charge in [0, 0.05) is 19.2 Å². The number of sulfonamides is 1. The quantitative estimate of drug-likeness (QED) is 0.751. The molecule has 0 aromatic rings. The molecular formula is C12H27NO3SSi. The lowest BCUT2D eigenvalue weighted by Gasteiger charge is -2.41. The van der Waals surface area contributed by atoms with E-state index in [1.165, 1.54) is 6.26 Å². The van der Waals surface area contributed by atoms with Gasteiger partial charge in [0.25, 0.3) is 0 Å². The van der Waals surface area contributed by atoms with Crippen molar-refractivity contribution in [2.75, 3.05) is 19.3 Å². The first-order valence-electron chi connectivity index (χ1n) is 6.56. The normalized spacial score (nSPS) is 21.2. The molecule has 0 saturated carbocycles. The van der Waals surface area contributed by atoms with Crippen LogP contribution in [0.5, 0.6) is 0 Å². The van der Waals surface area contributed by atoms with Crippen LogP contribution in [0.3, 0.4) is 0 Å². The molecule has 0 radical (unpaired) electrons. The van der Waals surface area contributed by atoms with Crippen LogP contribution in [0.2, 0.25) is 18.1 Å². The monoisotopic (exact) mass is 293 g/mol. The molecule has 0 aromatic heterocycles. The van der Waals surface area contributed by atoms with Gasteiger partial charge in [-0.05, 0) is 31.0 Å². The van der Waals surface area contributed by atoms with E-state index in [2.05, 4.69) is 33.9 Å². The molecule has 0 aromatic carbocycles. The van der Waals surface area contributed by atoms with Gasteiger partial charge in [-0.1, -0.05) is 20.8 Å². The van der Waals surface area contributed by atoms with Gasteiger partial charge in [0.2, 0.25) is 10.0 Å². The Morgan fingerprint density at radius 2 is 1.61 bits per heavy atom. The lowest BCUT2D eigenvalue weighted by Crippen LogP contribution is -2.48. The van der Waals surface area contributed by atoms with Crippen molar-refractivity contribution in [1.82, 2.24) is 4.31 Å². The van der Waals surface area contributed by atoms with Crippen LogP contribution in [0.4, 0.5) is 0 Å². The minimum Gasteiger partial charge on any atom is -0.414 e. The second kappa shape index (κ2) is 5.23. The number of rotatable bonds is 3.